The molecule has 0 saturated carbocycles. The Bertz CT molecular complexity index is 1060. The van der Waals surface area contributed by atoms with Crippen LogP contribution < -0.4 is 24.8 Å². The van der Waals surface area contributed by atoms with E-state index < -0.39 is 35.8 Å². The summed E-state index contributed by atoms with van der Waals surface area (Å²) in [5.74, 6) is -3.51. The van der Waals surface area contributed by atoms with Gasteiger partial charge >= 0.3 is 12.0 Å². The van der Waals surface area contributed by atoms with Gasteiger partial charge in [-0.15, -0.1) is 0 Å². The topological polar surface area (TPSA) is 111 Å². The van der Waals surface area contributed by atoms with E-state index >= 15 is 0 Å². The van der Waals surface area contributed by atoms with E-state index in [0.717, 1.165) is 50.5 Å². The molecule has 1 atom stereocenters. The van der Waals surface area contributed by atoms with Gasteiger partial charge in [-0.05, 0) is 50.8 Å². The fourth-order valence-corrected chi connectivity index (χ4v) is 4.69. The Kier molecular flexibility index (Phi) is 9.65. The fraction of sp³-hybridized carbons (Fsp3) is 0.522. The highest BCUT2D eigenvalue weighted by atomic mass is 32.1. The van der Waals surface area contributed by atoms with Crippen LogP contribution in [0.4, 0.5) is 18.6 Å². The molecule has 1 unspecified atom stereocenters. The van der Waals surface area contributed by atoms with Gasteiger partial charge in [0, 0.05) is 18.7 Å². The highest BCUT2D eigenvalue weighted by Gasteiger charge is 2.27. The van der Waals surface area contributed by atoms with Crippen molar-refractivity contribution in [3.8, 4) is 17.4 Å². The molecular weight excluding hydrogens is 498 g/mol. The second-order valence-corrected chi connectivity index (χ2v) is 8.93. The zero-order valence-electron chi connectivity index (χ0n) is 20.6. The van der Waals surface area contributed by atoms with Crippen molar-refractivity contribution in [1.29, 1.82) is 0 Å². The van der Waals surface area contributed by atoms with Crippen LogP contribution in [-0.4, -0.2) is 68.8 Å². The van der Waals surface area contributed by atoms with Crippen LogP contribution in [0, 0.1) is 11.6 Å². The number of urea groups is 1. The maximum absolute atomic E-state index is 14.6. The Morgan fingerprint density at radius 1 is 1.19 bits per heavy atom. The molecule has 1 aliphatic heterocycles. The third kappa shape index (κ3) is 6.32. The molecule has 0 spiro atoms. The van der Waals surface area contributed by atoms with Crippen molar-refractivity contribution in [2.24, 2.45) is 0 Å². The zero-order chi connectivity index (χ0) is 26.2. The Labute approximate surface area is 212 Å². The van der Waals surface area contributed by atoms with Crippen LogP contribution in [0.5, 0.6) is 17.4 Å². The number of rotatable bonds is 11. The molecule has 2 amide bonds. The summed E-state index contributed by atoms with van der Waals surface area (Å²) in [5, 5.41) is 5.40. The first-order valence-corrected chi connectivity index (χ1v) is 12.1. The molecule has 1 fully saturated rings. The Balaban J connectivity index is 1.66. The van der Waals surface area contributed by atoms with E-state index in [-0.39, 0.29) is 27.9 Å². The van der Waals surface area contributed by atoms with E-state index in [9.17, 15) is 18.4 Å². The lowest BCUT2D eigenvalue weighted by atomic mass is 10.1. The summed E-state index contributed by atoms with van der Waals surface area (Å²) in [7, 11) is 5.71. The van der Waals surface area contributed by atoms with Gasteiger partial charge in [-0.3, -0.25) is 5.32 Å². The number of anilines is 1. The average molecular weight is 529 g/mol. The third-order valence-electron chi connectivity index (χ3n) is 5.97. The lowest BCUT2D eigenvalue weighted by Gasteiger charge is -2.19. The van der Waals surface area contributed by atoms with E-state index in [0.29, 0.717) is 12.6 Å². The summed E-state index contributed by atoms with van der Waals surface area (Å²) in [5.41, 5.74) is -0.643. The van der Waals surface area contributed by atoms with E-state index in [2.05, 4.69) is 27.0 Å². The molecule has 3 rings (SSSR count). The smallest absolute Gasteiger partial charge is 0.346 e. The van der Waals surface area contributed by atoms with Gasteiger partial charge in [0.2, 0.25) is 5.88 Å². The number of esters is 1. The standard InChI is InChI=1S/C23H30F2N4O6S/c1-29-10-6-8-13(29)7-5-9-26-23(31)27-21-17(22(30)34-4)20(28-36-21)35-12-14-18(24)15(32-2)11-16(33-3)19(14)25/h11,13H,5-10,12H2,1-4H3,(H2,26,27,31). The van der Waals surface area contributed by atoms with E-state index in [4.69, 9.17) is 18.9 Å². The molecule has 1 saturated heterocycles. The van der Waals surface area contributed by atoms with Gasteiger partial charge in [0.05, 0.1) is 26.9 Å². The van der Waals surface area contributed by atoms with Crippen molar-refractivity contribution >= 4 is 28.5 Å². The number of nitrogens with one attached hydrogen (secondary N) is 2. The van der Waals surface area contributed by atoms with Gasteiger partial charge < -0.3 is 29.2 Å². The summed E-state index contributed by atoms with van der Waals surface area (Å²) >= 11 is 0.776. The summed E-state index contributed by atoms with van der Waals surface area (Å²) in [6.45, 7) is 0.928. The van der Waals surface area contributed by atoms with Crippen molar-refractivity contribution in [3.05, 3.63) is 28.8 Å². The van der Waals surface area contributed by atoms with Crippen molar-refractivity contribution in [1.82, 2.24) is 14.6 Å². The van der Waals surface area contributed by atoms with Crippen LogP contribution in [-0.2, 0) is 11.3 Å². The van der Waals surface area contributed by atoms with Crippen molar-refractivity contribution in [3.63, 3.8) is 0 Å². The van der Waals surface area contributed by atoms with Crippen LogP contribution in [0.2, 0.25) is 0 Å². The van der Waals surface area contributed by atoms with Crippen molar-refractivity contribution in [2.45, 2.75) is 38.3 Å². The van der Waals surface area contributed by atoms with Gasteiger partial charge in [0.15, 0.2) is 28.7 Å². The van der Waals surface area contributed by atoms with Gasteiger partial charge in [0.25, 0.3) is 0 Å². The minimum atomic E-state index is -0.979. The zero-order valence-corrected chi connectivity index (χ0v) is 21.4. The second kappa shape index (κ2) is 12.7. The second-order valence-electron chi connectivity index (χ2n) is 8.16. The molecule has 1 aromatic carbocycles. The number of aromatic nitrogens is 1. The highest BCUT2D eigenvalue weighted by Crippen LogP contribution is 2.35. The van der Waals surface area contributed by atoms with Crippen LogP contribution in [0.3, 0.4) is 0 Å². The van der Waals surface area contributed by atoms with Crippen LogP contribution in [0.25, 0.3) is 0 Å². The molecule has 2 aromatic rings. The minimum absolute atomic E-state index is 0.0778. The van der Waals surface area contributed by atoms with Gasteiger partial charge in [-0.1, -0.05) is 0 Å². The first kappa shape index (κ1) is 27.4. The fourth-order valence-electron chi connectivity index (χ4n) is 3.98. The summed E-state index contributed by atoms with van der Waals surface area (Å²) < 4.78 is 53.4. The number of methoxy groups -OCH3 is 3. The number of amides is 2. The molecule has 198 valence electrons. The molecule has 1 aliphatic rings. The number of carbonyl (C=O) groups excluding carboxylic acids is 2. The van der Waals surface area contributed by atoms with E-state index in [1.165, 1.54) is 20.6 Å². The average Bonchev–Trinajstić information content (AvgIpc) is 3.46. The van der Waals surface area contributed by atoms with Crippen molar-refractivity contribution in [2.75, 3.05) is 46.8 Å². The van der Waals surface area contributed by atoms with E-state index in [1.807, 2.05) is 0 Å². The number of hydrogen-bond donors (Lipinski definition) is 2. The van der Waals surface area contributed by atoms with Crippen LogP contribution in [0.15, 0.2) is 6.07 Å². The summed E-state index contributed by atoms with van der Waals surface area (Å²) in [4.78, 5) is 27.1. The van der Waals surface area contributed by atoms with Crippen LogP contribution >= 0.6 is 11.5 Å². The SMILES string of the molecule is COC(=O)c1c(OCc2c(F)c(OC)cc(OC)c2F)nsc1NC(=O)NCCCC1CCCN1C. The Morgan fingerprint density at radius 3 is 2.47 bits per heavy atom. The third-order valence-corrected chi connectivity index (χ3v) is 6.71. The number of halogens is 2. The quantitative estimate of drug-likeness (QED) is 0.335. The lowest BCUT2D eigenvalue weighted by Crippen LogP contribution is -2.31. The number of nitrogens with zero attached hydrogens (tertiary/aromatic N) is 2. The predicted octanol–water partition coefficient (Wildman–Crippen LogP) is 3.80. The summed E-state index contributed by atoms with van der Waals surface area (Å²) in [6.07, 6.45) is 4.13. The maximum atomic E-state index is 14.6. The van der Waals surface area contributed by atoms with Gasteiger partial charge in [-0.2, -0.15) is 4.37 Å². The maximum Gasteiger partial charge on any atom is 0.346 e. The molecule has 0 bridgehead atoms. The number of benzene rings is 1. The van der Waals surface area contributed by atoms with Crippen molar-refractivity contribution < 1.29 is 37.3 Å². The lowest BCUT2D eigenvalue weighted by molar-refractivity contribution is 0.0596. The number of hydrogen-bond acceptors (Lipinski definition) is 9. The number of ether oxygens (including phenoxy) is 4. The number of likely N-dealkylation sites (tertiary alicyclic amines) is 1. The molecule has 10 nitrogen and oxygen atoms in total. The number of carbonyl (C=O) groups is 2. The molecule has 13 heteroatoms. The highest BCUT2D eigenvalue weighted by molar-refractivity contribution is 7.11. The Hall–Kier alpha value is -3.19. The Morgan fingerprint density at radius 2 is 1.89 bits per heavy atom. The van der Waals surface area contributed by atoms with Crippen LogP contribution in [0.1, 0.15) is 41.6 Å². The predicted molar refractivity (Wildman–Crippen MR) is 129 cm³/mol. The first-order chi connectivity index (χ1) is 17.3. The van der Waals surface area contributed by atoms with Gasteiger partial charge in [0.1, 0.15) is 11.6 Å². The minimum Gasteiger partial charge on any atom is -0.494 e. The molecule has 1 aromatic heterocycles. The largest absolute Gasteiger partial charge is 0.494 e. The monoisotopic (exact) mass is 528 g/mol. The molecule has 0 radical (unpaired) electrons. The molecule has 36 heavy (non-hydrogen) atoms. The van der Waals surface area contributed by atoms with E-state index in [1.54, 1.807) is 0 Å². The molecule has 2 N–H and O–H groups in total. The normalized spacial score (nSPS) is 15.4. The van der Waals surface area contributed by atoms with Gasteiger partial charge in [-0.25, -0.2) is 18.4 Å². The molecule has 2 heterocycles. The molecule has 0 aliphatic carbocycles. The first-order valence-electron chi connectivity index (χ1n) is 11.3. The summed E-state index contributed by atoms with van der Waals surface area (Å²) in [6, 6.07) is 1.08. The molecular formula is C23H30F2N4O6S.